The summed E-state index contributed by atoms with van der Waals surface area (Å²) in [6, 6.07) is 10.7. The Hall–Kier alpha value is -5.40. The van der Waals surface area contributed by atoms with Crippen LogP contribution in [0, 0.1) is 17.0 Å². The van der Waals surface area contributed by atoms with Crippen molar-refractivity contribution >= 4 is 29.7 Å². The predicted molar refractivity (Wildman–Crippen MR) is 189 cm³/mol. The van der Waals surface area contributed by atoms with Gasteiger partial charge in [-0.3, -0.25) is 24.1 Å². The van der Waals surface area contributed by atoms with Gasteiger partial charge >= 0.3 is 6.09 Å². The number of benzene rings is 2. The van der Waals surface area contributed by atoms with Crippen LogP contribution < -0.4 is 10.6 Å². The van der Waals surface area contributed by atoms with E-state index in [1.807, 2.05) is 51.1 Å². The third-order valence-electron chi connectivity index (χ3n) is 8.21. The molecule has 278 valence electrons. The molecule has 0 aliphatic carbocycles. The predicted octanol–water partition coefficient (Wildman–Crippen LogP) is 5.00. The monoisotopic (exact) mass is 720 g/mol. The van der Waals surface area contributed by atoms with Crippen molar-refractivity contribution < 1.29 is 37.5 Å². The Morgan fingerprint density at radius 3 is 2.21 bits per heavy atom. The minimum atomic E-state index is -1.19. The molecule has 14 heteroatoms. The normalized spacial score (nSPS) is 14.3. The Bertz CT molecular complexity index is 1810. The first-order chi connectivity index (χ1) is 24.3. The maximum absolute atomic E-state index is 15.0. The highest BCUT2D eigenvalue weighted by atomic mass is 19.1. The van der Waals surface area contributed by atoms with Gasteiger partial charge in [0.25, 0.3) is 11.8 Å². The number of imide groups is 1. The molecule has 0 saturated heterocycles. The lowest BCUT2D eigenvalue weighted by Gasteiger charge is -2.40. The van der Waals surface area contributed by atoms with Gasteiger partial charge in [-0.05, 0) is 50.3 Å². The zero-order valence-corrected chi connectivity index (χ0v) is 30.5. The molecule has 2 aromatic carbocycles. The number of hydrogen-bond acceptors (Lipinski definition) is 7. The SMILES string of the molecule is CC(=O)N(CC[C@H](NC(=O)OC(C)(C)C)C(=O)NCCN1C(=O)C=CC1=O)[C@@H](c1nn(-c2cc(F)ccc2F)cc1Cc1ccccc1)C(C)(C)C. The van der Waals surface area contributed by atoms with Crippen molar-refractivity contribution in [3.8, 4) is 5.69 Å². The molecule has 2 heterocycles. The minimum Gasteiger partial charge on any atom is -0.444 e. The molecule has 0 fully saturated rings. The van der Waals surface area contributed by atoms with E-state index in [0.29, 0.717) is 17.7 Å². The molecular weight excluding hydrogens is 674 g/mol. The second-order valence-electron chi connectivity index (χ2n) is 14.7. The molecule has 1 aliphatic heterocycles. The highest BCUT2D eigenvalue weighted by Gasteiger charge is 2.38. The molecule has 0 saturated carbocycles. The van der Waals surface area contributed by atoms with E-state index in [1.54, 1.807) is 31.9 Å². The van der Waals surface area contributed by atoms with Gasteiger partial charge in [0.2, 0.25) is 11.8 Å². The topological polar surface area (TPSA) is 143 Å². The Kier molecular flexibility index (Phi) is 12.3. The van der Waals surface area contributed by atoms with Crippen LogP contribution in [0.4, 0.5) is 13.6 Å². The molecule has 0 spiro atoms. The number of halogens is 2. The molecule has 1 aliphatic rings. The maximum Gasteiger partial charge on any atom is 0.408 e. The fraction of sp³-hybridized carbons (Fsp3) is 0.421. The summed E-state index contributed by atoms with van der Waals surface area (Å²) in [5, 5.41) is 10.0. The smallest absolute Gasteiger partial charge is 0.408 e. The van der Waals surface area contributed by atoms with E-state index in [4.69, 9.17) is 9.84 Å². The summed E-state index contributed by atoms with van der Waals surface area (Å²) >= 11 is 0. The van der Waals surface area contributed by atoms with E-state index < -0.39 is 58.5 Å². The number of rotatable bonds is 13. The van der Waals surface area contributed by atoms with Crippen LogP contribution in [0.5, 0.6) is 0 Å². The van der Waals surface area contributed by atoms with Crippen LogP contribution >= 0.6 is 0 Å². The van der Waals surface area contributed by atoms with Crippen molar-refractivity contribution in [2.45, 2.75) is 79.0 Å². The first kappa shape index (κ1) is 39.4. The van der Waals surface area contributed by atoms with Gasteiger partial charge in [-0.2, -0.15) is 5.10 Å². The number of nitrogens with one attached hydrogen (secondary N) is 2. The summed E-state index contributed by atoms with van der Waals surface area (Å²) in [6.45, 7) is 12.0. The van der Waals surface area contributed by atoms with Gasteiger partial charge in [-0.1, -0.05) is 51.1 Å². The van der Waals surface area contributed by atoms with Gasteiger partial charge in [-0.25, -0.2) is 18.3 Å². The van der Waals surface area contributed by atoms with Gasteiger partial charge in [0.05, 0.1) is 11.7 Å². The van der Waals surface area contributed by atoms with Crippen molar-refractivity contribution in [1.82, 2.24) is 30.2 Å². The van der Waals surface area contributed by atoms with Gasteiger partial charge in [0.1, 0.15) is 29.0 Å². The Morgan fingerprint density at radius 1 is 0.962 bits per heavy atom. The molecule has 52 heavy (non-hydrogen) atoms. The van der Waals surface area contributed by atoms with Crippen LogP contribution in [-0.4, -0.2) is 80.6 Å². The highest BCUT2D eigenvalue weighted by Crippen LogP contribution is 2.40. The lowest BCUT2D eigenvalue weighted by atomic mass is 9.81. The Morgan fingerprint density at radius 2 is 1.62 bits per heavy atom. The molecule has 2 atom stereocenters. The summed E-state index contributed by atoms with van der Waals surface area (Å²) in [5.74, 6) is -3.30. The van der Waals surface area contributed by atoms with E-state index in [9.17, 15) is 28.4 Å². The number of carbonyl (C=O) groups is 5. The van der Waals surface area contributed by atoms with E-state index in [-0.39, 0.29) is 37.6 Å². The summed E-state index contributed by atoms with van der Waals surface area (Å²) < 4.78 is 36.0. The molecule has 0 bridgehead atoms. The summed E-state index contributed by atoms with van der Waals surface area (Å²) in [7, 11) is 0. The standard InChI is InChI=1S/C38H46F2N6O6/c1-24(47)44(19-17-29(42-36(51)52-38(5,6)7)35(50)41-18-20-45-31(48)15-16-32(45)49)34(37(2,3)4)33-26(21-25-11-9-8-10-12-25)23-46(43-33)30-22-27(39)13-14-28(30)40/h8-16,22-23,29,34H,17-21H2,1-7H3,(H,41,50)(H,42,51)/t29-,34-/m0/s1. The second kappa shape index (κ2) is 16.3. The number of hydrogen-bond donors (Lipinski definition) is 2. The van der Waals surface area contributed by atoms with Crippen LogP contribution in [0.1, 0.15) is 77.7 Å². The summed E-state index contributed by atoms with van der Waals surface area (Å²) in [6.07, 6.45) is 3.36. The highest BCUT2D eigenvalue weighted by molar-refractivity contribution is 6.12. The zero-order chi connectivity index (χ0) is 38.4. The first-order valence-electron chi connectivity index (χ1n) is 17.0. The first-order valence-corrected chi connectivity index (χ1v) is 17.0. The van der Waals surface area contributed by atoms with Crippen LogP contribution in [-0.2, 0) is 30.3 Å². The van der Waals surface area contributed by atoms with Gasteiger partial charge in [0, 0.05) is 63.0 Å². The van der Waals surface area contributed by atoms with Gasteiger partial charge in [-0.15, -0.1) is 0 Å². The third-order valence-corrected chi connectivity index (χ3v) is 8.21. The lowest BCUT2D eigenvalue weighted by Crippen LogP contribution is -2.51. The fourth-order valence-corrected chi connectivity index (χ4v) is 5.94. The van der Waals surface area contributed by atoms with Gasteiger partial charge in [0.15, 0.2) is 0 Å². The quantitative estimate of drug-likeness (QED) is 0.237. The third kappa shape index (κ3) is 10.3. The average molecular weight is 721 g/mol. The van der Waals surface area contributed by atoms with E-state index in [0.717, 1.165) is 40.8 Å². The number of ether oxygens (including phenoxy) is 1. The van der Waals surface area contributed by atoms with Crippen molar-refractivity contribution in [2.75, 3.05) is 19.6 Å². The molecule has 5 amide bonds. The lowest BCUT2D eigenvalue weighted by molar-refractivity contribution is -0.137. The van der Waals surface area contributed by atoms with Crippen LogP contribution in [0.15, 0.2) is 66.9 Å². The number of carbonyl (C=O) groups excluding carboxylic acids is 5. The molecule has 0 unspecified atom stereocenters. The van der Waals surface area contributed by atoms with Crippen LogP contribution in [0.3, 0.4) is 0 Å². The minimum absolute atomic E-state index is 0.0376. The molecule has 3 aromatic rings. The van der Waals surface area contributed by atoms with E-state index >= 15 is 4.39 Å². The summed E-state index contributed by atoms with van der Waals surface area (Å²) in [4.78, 5) is 66.4. The van der Waals surface area contributed by atoms with Crippen LogP contribution in [0.2, 0.25) is 0 Å². The van der Waals surface area contributed by atoms with Crippen LogP contribution in [0.25, 0.3) is 5.69 Å². The van der Waals surface area contributed by atoms with Crippen molar-refractivity contribution in [2.24, 2.45) is 5.41 Å². The number of amides is 5. The number of aromatic nitrogens is 2. The fourth-order valence-electron chi connectivity index (χ4n) is 5.94. The average Bonchev–Trinajstić information content (AvgIpc) is 3.59. The maximum atomic E-state index is 15.0. The van der Waals surface area contributed by atoms with Crippen molar-refractivity contribution in [3.05, 3.63) is 95.3 Å². The molecule has 1 aromatic heterocycles. The zero-order valence-electron chi connectivity index (χ0n) is 30.5. The van der Waals surface area contributed by atoms with E-state index in [1.165, 1.54) is 11.6 Å². The van der Waals surface area contributed by atoms with E-state index in [2.05, 4.69) is 10.6 Å². The molecule has 12 nitrogen and oxygen atoms in total. The Labute approximate surface area is 302 Å². The largest absolute Gasteiger partial charge is 0.444 e. The van der Waals surface area contributed by atoms with Crippen molar-refractivity contribution in [3.63, 3.8) is 0 Å². The molecule has 0 radical (unpaired) electrons. The van der Waals surface area contributed by atoms with Gasteiger partial charge < -0.3 is 20.3 Å². The molecule has 4 rings (SSSR count). The molecule has 2 N–H and O–H groups in total. The summed E-state index contributed by atoms with van der Waals surface area (Å²) in [5.41, 5.74) is 0.403. The van der Waals surface area contributed by atoms with Crippen molar-refractivity contribution in [1.29, 1.82) is 0 Å². The Balaban J connectivity index is 1.68. The second-order valence-corrected chi connectivity index (χ2v) is 14.7. The number of nitrogens with zero attached hydrogens (tertiary/aromatic N) is 4. The number of alkyl carbamates (subject to hydrolysis) is 1. The molecular formula is C38H46F2N6O6.